The zero-order valence-corrected chi connectivity index (χ0v) is 56.9. The summed E-state index contributed by atoms with van der Waals surface area (Å²) in [7, 11) is 3.32. The molecule has 0 aromatic carbocycles. The van der Waals surface area contributed by atoms with E-state index in [1.807, 2.05) is 120 Å². The molecule has 7 heterocycles. The first-order valence-electron chi connectivity index (χ1n) is 29.5. The molecule has 6 aromatic heterocycles. The normalized spacial score (nSPS) is 15.5. The molecular weight excluding hydrogens is 1230 g/mol. The van der Waals surface area contributed by atoms with Crippen molar-refractivity contribution in [1.29, 1.82) is 0 Å². The standard InChI is InChI=1S/C24H30N2O4.C14H18N2O3.C10H15N6O.C8H12N2O2.C6H15N.F6P/c1-14-12-21(28)18(22(13-14)30-6)9-10-20(27)23-16(3)26(15(2)17(4)29-5)24-19(23)8-7-11-25-24;1-8(10(3)19-4)16-9(2)12(14(17)18)11-6-5-7-15-13(11)16;1-14(2)10(15(3)4)17-16-9-8(12-13-16)6-5-7-11-9;1-5-3-7(12-2)6(4-9)8(11)10-5;1-4-7(5-2)6-3;1-7(2,3,4,5)6/h7-8,11,13,15,17H,9-10,12H2,1-6H3;5-8,10,12H,1-4H3;5-7H,1-4H3;3H,4,9H2,1-2H3,(H,10,11);4-6H2,1-3H3;/q;;+1;;;-1/p+1. The van der Waals surface area contributed by atoms with Gasteiger partial charge in [0.15, 0.2) is 11.6 Å². The number of fused-ring (bicyclic) bond motifs is 3. The van der Waals surface area contributed by atoms with Crippen LogP contribution in [0.25, 0.3) is 22.2 Å². The van der Waals surface area contributed by atoms with Gasteiger partial charge in [-0.05, 0) is 145 Å². The number of amidine groups is 1. The number of hydrogen-bond acceptors (Lipinski definition) is 16. The van der Waals surface area contributed by atoms with Crippen LogP contribution in [0.1, 0.15) is 126 Å². The van der Waals surface area contributed by atoms with Crippen LogP contribution in [-0.4, -0.2) is 188 Å². The Kier molecular flexibility index (Phi) is 28.5. The molecule has 30 heteroatoms. The van der Waals surface area contributed by atoms with Gasteiger partial charge in [-0.3, -0.25) is 24.0 Å². The number of aryl methyl sites for hydroxylation is 1. The number of aromatic nitrogens is 8. The maximum absolute atomic E-state index is 13.3. The summed E-state index contributed by atoms with van der Waals surface area (Å²) in [6, 6.07) is 13.5. The van der Waals surface area contributed by atoms with Crippen LogP contribution in [0.15, 0.2) is 88.8 Å². The van der Waals surface area contributed by atoms with Crippen molar-refractivity contribution in [2.45, 2.75) is 132 Å². The first-order valence-corrected chi connectivity index (χ1v) is 31.5. The third-order valence-electron chi connectivity index (χ3n) is 15.0. The van der Waals surface area contributed by atoms with Crippen molar-refractivity contribution >= 4 is 65.1 Å². The van der Waals surface area contributed by atoms with Crippen LogP contribution in [0.2, 0.25) is 0 Å². The molecule has 0 spiro atoms. The Morgan fingerprint density at radius 3 is 1.92 bits per heavy atom. The number of ether oxygens (including phenoxy) is 4. The molecule has 0 bridgehead atoms. The minimum absolute atomic E-state index is 0.00329. The third-order valence-corrected chi connectivity index (χ3v) is 15.0. The van der Waals surface area contributed by atoms with Crippen LogP contribution in [0, 0.1) is 13.8 Å². The fourth-order valence-electron chi connectivity index (χ4n) is 9.96. The molecule has 0 fully saturated rings. The molecule has 2 aliphatic rings. The van der Waals surface area contributed by atoms with E-state index in [-0.39, 0.29) is 54.4 Å². The van der Waals surface area contributed by atoms with Crippen LogP contribution in [0.4, 0.5) is 31.0 Å². The summed E-state index contributed by atoms with van der Waals surface area (Å²) >= 11 is 0. The van der Waals surface area contributed by atoms with Crippen molar-refractivity contribution in [1.82, 2.24) is 49.5 Å². The number of aliphatic carboxylic acids is 1. The molecule has 5 unspecified atom stereocenters. The molecule has 510 valence electrons. The predicted molar refractivity (Wildman–Crippen MR) is 344 cm³/mol. The predicted octanol–water partition coefficient (Wildman–Crippen LogP) is 10.8. The van der Waals surface area contributed by atoms with Crippen LogP contribution < -0.4 is 20.9 Å². The molecule has 23 nitrogen and oxygen atoms in total. The van der Waals surface area contributed by atoms with Crippen molar-refractivity contribution in [2.24, 2.45) is 5.73 Å². The quantitative estimate of drug-likeness (QED) is 0.0180. The van der Waals surface area contributed by atoms with Gasteiger partial charge < -0.3 is 44.2 Å². The Morgan fingerprint density at radius 2 is 1.41 bits per heavy atom. The van der Waals surface area contributed by atoms with Gasteiger partial charge >= 0.3 is 50.8 Å². The summed E-state index contributed by atoms with van der Waals surface area (Å²) in [5.74, 6) is 0.427. The van der Waals surface area contributed by atoms with E-state index in [1.165, 1.54) is 31.6 Å². The van der Waals surface area contributed by atoms with E-state index in [0.717, 1.165) is 45.1 Å². The number of methoxy groups -OCH3 is 4. The second-order valence-corrected chi connectivity index (χ2v) is 23.8. The van der Waals surface area contributed by atoms with E-state index in [2.05, 4.69) is 67.4 Å². The Balaban J connectivity index is 0.000000311. The van der Waals surface area contributed by atoms with Crippen LogP contribution in [-0.2, 0) is 30.3 Å². The monoisotopic (exact) mass is 1320 g/mol. The van der Waals surface area contributed by atoms with E-state index >= 15 is 0 Å². The van der Waals surface area contributed by atoms with Gasteiger partial charge in [-0.15, -0.1) is 5.10 Å². The van der Waals surface area contributed by atoms with Gasteiger partial charge in [-0.2, -0.15) is 0 Å². The first kappa shape index (κ1) is 78.3. The number of carbonyl (C=O) groups excluding carboxylic acids is 2. The summed E-state index contributed by atoms with van der Waals surface area (Å²) in [5, 5.41) is 18.1. The maximum atomic E-state index is 13.3. The van der Waals surface area contributed by atoms with Crippen LogP contribution in [0.5, 0.6) is 5.75 Å². The number of nitrogens with zero attached hydrogens (tertiary/aromatic N) is 11. The molecule has 0 saturated heterocycles. The summed E-state index contributed by atoms with van der Waals surface area (Å²) in [4.78, 5) is 75.4. The van der Waals surface area contributed by atoms with Gasteiger partial charge in [0, 0.05) is 73.9 Å². The molecule has 6 aromatic rings. The number of allylic oxidation sites excluding steroid dienone is 3. The van der Waals surface area contributed by atoms with Crippen LogP contribution >= 0.6 is 7.81 Å². The number of carbonyl (C=O) groups is 3. The molecule has 5 atom stereocenters. The van der Waals surface area contributed by atoms with E-state index in [0.29, 0.717) is 58.2 Å². The van der Waals surface area contributed by atoms with Crippen molar-refractivity contribution in [3.8, 4) is 5.75 Å². The Morgan fingerprint density at radius 1 is 0.848 bits per heavy atom. The summed E-state index contributed by atoms with van der Waals surface area (Å²) in [5.41, 5.74) is 13.2. The number of Topliss-reactive ketones (excluding diaryl/α,β-unsaturated/α-hetero) is 2. The number of carboxylic acid groups (broad SMARTS) is 1. The van der Waals surface area contributed by atoms with Crippen molar-refractivity contribution < 1.29 is 77.6 Å². The zero-order chi connectivity index (χ0) is 69.8. The third kappa shape index (κ3) is 22.4. The molecule has 4 N–H and O–H groups in total. The number of ketones is 2. The van der Waals surface area contributed by atoms with E-state index in [1.54, 1.807) is 59.0 Å². The zero-order valence-electron chi connectivity index (χ0n) is 56.0. The fourth-order valence-corrected chi connectivity index (χ4v) is 9.96. The van der Waals surface area contributed by atoms with Crippen LogP contribution in [0.3, 0.4) is 0 Å². The SMILES string of the molecule is CCN(CC)CC.CN(C)C(On1nnc2cccnc21)=[N+](C)C.COC(C)C(C)[N+]1=C(C)C(C(=O)O)c2cccnc21.COC1=C(CCC(=O)c2c(C)n(C(C)C(C)OC)c3ncccc23)C(=O)CC(C)=C1.COc1cc(C)[nH]c(=O)c1CN.F[P-](F)(F)(F)(F)F. The number of carboxylic acids is 1. The van der Waals surface area contributed by atoms with Gasteiger partial charge in [-0.1, -0.05) is 26.3 Å². The van der Waals surface area contributed by atoms with E-state index in [4.69, 9.17) is 29.5 Å². The second kappa shape index (κ2) is 33.6. The van der Waals surface area contributed by atoms with E-state index in [9.17, 15) is 49.5 Å². The minimum atomic E-state index is -10.7. The summed E-state index contributed by atoms with van der Waals surface area (Å²) in [6.07, 6.45) is 7.92. The Bertz CT molecular complexity index is 3680. The number of H-pyrrole nitrogens is 1. The van der Waals surface area contributed by atoms with Crippen molar-refractivity contribution in [2.75, 3.05) is 76.3 Å². The van der Waals surface area contributed by atoms with Gasteiger partial charge in [0.2, 0.25) is 5.65 Å². The molecule has 1 aliphatic carbocycles. The van der Waals surface area contributed by atoms with Gasteiger partial charge in [-0.25, -0.2) is 24.0 Å². The number of pyridine rings is 4. The molecule has 0 amide bonds. The number of halogens is 6. The number of hydrogen-bond donors (Lipinski definition) is 3. The van der Waals surface area contributed by atoms with Gasteiger partial charge in [0.05, 0.1) is 77.5 Å². The fraction of sp³-hybridized carbons (Fsp3) is 0.500. The number of nitrogens with two attached hydrogens (primary N) is 1. The van der Waals surface area contributed by atoms with Crippen molar-refractivity contribution in [3.63, 3.8) is 0 Å². The Labute approximate surface area is 532 Å². The number of rotatable bonds is 18. The molecule has 92 heavy (non-hydrogen) atoms. The molecule has 0 saturated carbocycles. The Hall–Kier alpha value is -7.98. The molecule has 8 rings (SSSR count). The topological polar surface area (TPSA) is 263 Å². The number of aromatic amines is 1. The van der Waals surface area contributed by atoms with Crippen molar-refractivity contribution in [3.05, 3.63) is 122 Å². The average molecular weight is 1320 g/mol. The average Bonchev–Trinajstić information content (AvgIpc) is 1.59. The second-order valence-electron chi connectivity index (χ2n) is 21.9. The summed E-state index contributed by atoms with van der Waals surface area (Å²) in [6.45, 7) is 25.9. The van der Waals surface area contributed by atoms with E-state index < -0.39 is 19.7 Å². The number of nitrogens with one attached hydrogen (secondary N) is 1. The van der Waals surface area contributed by atoms with Gasteiger partial charge in [0.1, 0.15) is 40.8 Å². The molecular formula is C62H91F6N13O10P+. The molecule has 1 aliphatic heterocycles. The first-order chi connectivity index (χ1) is 42.9. The summed E-state index contributed by atoms with van der Waals surface area (Å²) < 4.78 is 86.4. The molecule has 0 radical (unpaired) electrons. The van der Waals surface area contributed by atoms with Gasteiger partial charge in [0.25, 0.3) is 5.56 Å².